The van der Waals surface area contributed by atoms with Crippen LogP contribution in [-0.2, 0) is 4.79 Å². The van der Waals surface area contributed by atoms with Crippen LogP contribution in [0, 0.1) is 5.41 Å². The molecule has 0 heterocycles. The first kappa shape index (κ1) is 14.8. The molecule has 1 atom stereocenters. The van der Waals surface area contributed by atoms with Crippen molar-refractivity contribution < 1.29 is 14.7 Å². The lowest BCUT2D eigenvalue weighted by molar-refractivity contribution is -0.144. The Kier molecular flexibility index (Phi) is 4.59. The molecule has 0 aromatic rings. The highest BCUT2D eigenvalue weighted by atomic mass is 16.4. The molecule has 1 unspecified atom stereocenters. The summed E-state index contributed by atoms with van der Waals surface area (Å²) >= 11 is 0. The fourth-order valence-electron chi connectivity index (χ4n) is 2.12. The van der Waals surface area contributed by atoms with Crippen LogP contribution in [0.2, 0.25) is 0 Å². The zero-order chi connectivity index (χ0) is 13.8. The van der Waals surface area contributed by atoms with Crippen molar-refractivity contribution >= 4 is 12.0 Å². The fourth-order valence-corrected chi connectivity index (χ4v) is 2.12. The van der Waals surface area contributed by atoms with E-state index in [1.54, 1.807) is 6.92 Å². The Morgan fingerprint density at radius 1 is 1.33 bits per heavy atom. The van der Waals surface area contributed by atoms with Gasteiger partial charge in [0.25, 0.3) is 0 Å². The number of hydrogen-bond donors (Lipinski definition) is 3. The average Bonchev–Trinajstić information content (AvgIpc) is 3.07. The predicted molar refractivity (Wildman–Crippen MR) is 69.4 cm³/mol. The van der Waals surface area contributed by atoms with Gasteiger partial charge in [0.15, 0.2) is 0 Å². The summed E-state index contributed by atoms with van der Waals surface area (Å²) in [4.78, 5) is 22.9. The largest absolute Gasteiger partial charge is 0.480 e. The lowest BCUT2D eigenvalue weighted by Gasteiger charge is -2.26. The van der Waals surface area contributed by atoms with E-state index in [0.717, 1.165) is 19.3 Å². The summed E-state index contributed by atoms with van der Waals surface area (Å²) in [5.74, 6) is -0.990. The molecule has 0 aromatic heterocycles. The third kappa shape index (κ3) is 3.62. The third-order valence-electron chi connectivity index (χ3n) is 3.94. The van der Waals surface area contributed by atoms with Gasteiger partial charge in [0.2, 0.25) is 0 Å². The molecular weight excluding hydrogens is 232 g/mol. The van der Waals surface area contributed by atoms with Crippen molar-refractivity contribution in [3.05, 3.63) is 0 Å². The highest BCUT2D eigenvalue weighted by Crippen LogP contribution is 2.47. The predicted octanol–water partition coefficient (Wildman–Crippen LogP) is 2.12. The minimum atomic E-state index is -1.18. The molecular formula is C13H24N2O3. The van der Waals surface area contributed by atoms with E-state index in [2.05, 4.69) is 17.6 Å². The lowest BCUT2D eigenvalue weighted by atomic mass is 9.96. The van der Waals surface area contributed by atoms with Crippen LogP contribution in [0.15, 0.2) is 0 Å². The SMILES string of the molecule is CCCC(C)(NC(=O)NCC1(CC)CC1)C(=O)O. The van der Waals surface area contributed by atoms with Gasteiger partial charge in [-0.3, -0.25) is 0 Å². The first-order valence-corrected chi connectivity index (χ1v) is 6.67. The van der Waals surface area contributed by atoms with Crippen molar-refractivity contribution in [2.24, 2.45) is 5.41 Å². The summed E-state index contributed by atoms with van der Waals surface area (Å²) in [7, 11) is 0. The van der Waals surface area contributed by atoms with Gasteiger partial charge in [-0.2, -0.15) is 0 Å². The van der Waals surface area contributed by atoms with E-state index in [-0.39, 0.29) is 11.4 Å². The molecule has 0 bridgehead atoms. The second-order valence-corrected chi connectivity index (χ2v) is 5.55. The number of amides is 2. The molecule has 1 aliphatic rings. The van der Waals surface area contributed by atoms with E-state index in [1.165, 1.54) is 0 Å². The molecule has 18 heavy (non-hydrogen) atoms. The first-order valence-electron chi connectivity index (χ1n) is 6.67. The number of carboxylic acid groups (broad SMARTS) is 1. The monoisotopic (exact) mass is 256 g/mol. The molecule has 0 aliphatic heterocycles. The highest BCUT2D eigenvalue weighted by molar-refractivity contribution is 5.85. The topological polar surface area (TPSA) is 78.4 Å². The van der Waals surface area contributed by atoms with Gasteiger partial charge >= 0.3 is 12.0 Å². The fraction of sp³-hybridized carbons (Fsp3) is 0.846. The van der Waals surface area contributed by atoms with Gasteiger partial charge in [0, 0.05) is 6.54 Å². The molecule has 1 saturated carbocycles. The molecule has 0 spiro atoms. The smallest absolute Gasteiger partial charge is 0.329 e. The average molecular weight is 256 g/mol. The lowest BCUT2D eigenvalue weighted by Crippen LogP contribution is -2.55. The van der Waals surface area contributed by atoms with Crippen LogP contribution in [0.25, 0.3) is 0 Å². The molecule has 0 radical (unpaired) electrons. The Bertz CT molecular complexity index is 326. The Balaban J connectivity index is 2.44. The van der Waals surface area contributed by atoms with Crippen LogP contribution in [-0.4, -0.2) is 29.2 Å². The Hall–Kier alpha value is -1.26. The maximum atomic E-state index is 11.7. The van der Waals surface area contributed by atoms with E-state index in [1.807, 2.05) is 6.92 Å². The molecule has 5 heteroatoms. The maximum absolute atomic E-state index is 11.7. The van der Waals surface area contributed by atoms with Crippen molar-refractivity contribution in [1.29, 1.82) is 0 Å². The number of rotatable bonds is 7. The zero-order valence-electron chi connectivity index (χ0n) is 11.5. The highest BCUT2D eigenvalue weighted by Gasteiger charge is 2.41. The van der Waals surface area contributed by atoms with Crippen LogP contribution in [0.4, 0.5) is 4.79 Å². The molecule has 1 fully saturated rings. The third-order valence-corrected chi connectivity index (χ3v) is 3.94. The molecule has 1 rings (SSSR count). The number of hydrogen-bond acceptors (Lipinski definition) is 2. The van der Waals surface area contributed by atoms with Crippen molar-refractivity contribution in [2.75, 3.05) is 6.54 Å². The van der Waals surface area contributed by atoms with E-state index in [0.29, 0.717) is 19.4 Å². The van der Waals surface area contributed by atoms with Crippen LogP contribution < -0.4 is 10.6 Å². The summed E-state index contributed by atoms with van der Waals surface area (Å²) in [6.07, 6.45) is 4.49. The minimum absolute atomic E-state index is 0.266. The Morgan fingerprint density at radius 2 is 1.94 bits per heavy atom. The normalized spacial score (nSPS) is 19.7. The van der Waals surface area contributed by atoms with Gasteiger partial charge < -0.3 is 15.7 Å². The second kappa shape index (κ2) is 5.59. The van der Waals surface area contributed by atoms with Crippen LogP contribution in [0.3, 0.4) is 0 Å². The standard InChI is InChI=1S/C13H24N2O3/c1-4-6-12(3,10(16)17)15-11(18)14-9-13(5-2)7-8-13/h4-9H2,1-3H3,(H,16,17)(H2,14,15,18). The summed E-state index contributed by atoms with van der Waals surface area (Å²) in [6, 6.07) is -0.381. The number of nitrogens with one attached hydrogen (secondary N) is 2. The maximum Gasteiger partial charge on any atom is 0.329 e. The molecule has 2 amide bonds. The number of carbonyl (C=O) groups excluding carboxylic acids is 1. The molecule has 104 valence electrons. The van der Waals surface area contributed by atoms with Crippen LogP contribution in [0.5, 0.6) is 0 Å². The minimum Gasteiger partial charge on any atom is -0.480 e. The summed E-state index contributed by atoms with van der Waals surface area (Å²) < 4.78 is 0. The van der Waals surface area contributed by atoms with Crippen LogP contribution >= 0.6 is 0 Å². The molecule has 1 aliphatic carbocycles. The van der Waals surface area contributed by atoms with E-state index < -0.39 is 11.5 Å². The van der Waals surface area contributed by atoms with Crippen molar-refractivity contribution in [2.45, 2.75) is 58.4 Å². The Morgan fingerprint density at radius 3 is 2.33 bits per heavy atom. The summed E-state index contributed by atoms with van der Waals surface area (Å²) in [6.45, 7) is 6.20. The molecule has 5 nitrogen and oxygen atoms in total. The van der Waals surface area contributed by atoms with Crippen molar-refractivity contribution in [3.8, 4) is 0 Å². The van der Waals surface area contributed by atoms with Gasteiger partial charge in [-0.15, -0.1) is 0 Å². The number of urea groups is 1. The van der Waals surface area contributed by atoms with E-state index in [4.69, 9.17) is 5.11 Å². The van der Waals surface area contributed by atoms with Gasteiger partial charge in [-0.1, -0.05) is 20.3 Å². The van der Waals surface area contributed by atoms with Gasteiger partial charge in [0.1, 0.15) is 5.54 Å². The zero-order valence-corrected chi connectivity index (χ0v) is 11.5. The van der Waals surface area contributed by atoms with E-state index >= 15 is 0 Å². The summed E-state index contributed by atoms with van der Waals surface area (Å²) in [5, 5.41) is 14.5. The first-order chi connectivity index (χ1) is 8.37. The quantitative estimate of drug-likeness (QED) is 0.653. The molecule has 0 saturated heterocycles. The Labute approximate surface area is 108 Å². The molecule has 3 N–H and O–H groups in total. The molecule has 0 aromatic carbocycles. The summed E-state index contributed by atoms with van der Waals surface area (Å²) in [5.41, 5.74) is -0.913. The van der Waals surface area contributed by atoms with Gasteiger partial charge in [-0.05, 0) is 38.0 Å². The second-order valence-electron chi connectivity index (χ2n) is 5.55. The number of carbonyl (C=O) groups is 2. The van der Waals surface area contributed by atoms with Gasteiger partial charge in [0.05, 0.1) is 0 Å². The van der Waals surface area contributed by atoms with Crippen molar-refractivity contribution in [3.63, 3.8) is 0 Å². The van der Waals surface area contributed by atoms with Crippen LogP contribution in [0.1, 0.15) is 52.9 Å². The van der Waals surface area contributed by atoms with Gasteiger partial charge in [-0.25, -0.2) is 9.59 Å². The van der Waals surface area contributed by atoms with E-state index in [9.17, 15) is 9.59 Å². The van der Waals surface area contributed by atoms with Crippen molar-refractivity contribution in [1.82, 2.24) is 10.6 Å². The number of carboxylic acids is 1. The number of aliphatic carboxylic acids is 1.